The van der Waals surface area contributed by atoms with E-state index in [2.05, 4.69) is 0 Å². The minimum Gasteiger partial charge on any atom is -0.494 e. The molecule has 0 spiro atoms. The van der Waals surface area contributed by atoms with E-state index in [1.165, 1.54) is 6.07 Å². The van der Waals surface area contributed by atoms with Crippen LogP contribution in [0.1, 0.15) is 18.1 Å². The van der Waals surface area contributed by atoms with Gasteiger partial charge in [-0.15, -0.1) is 0 Å². The van der Waals surface area contributed by atoms with Crippen LogP contribution in [-0.2, 0) is 12.8 Å². The smallest absolute Gasteiger partial charge is 0.145 e. The average Bonchev–Trinajstić information content (AvgIpc) is 2.77. The van der Waals surface area contributed by atoms with Gasteiger partial charge in [-0.25, -0.2) is 17.6 Å². The summed E-state index contributed by atoms with van der Waals surface area (Å²) in [6, 6.07) is 15.4. The van der Waals surface area contributed by atoms with E-state index in [0.717, 1.165) is 12.1 Å². The van der Waals surface area contributed by atoms with E-state index in [1.54, 1.807) is 42.5 Å². The Bertz CT molecular complexity index is 1280. The molecule has 0 bridgehead atoms. The normalized spacial score (nSPS) is 11.2. The number of hydrogen-bond acceptors (Lipinski definition) is 1. The van der Waals surface area contributed by atoms with E-state index < -0.39 is 28.3 Å². The molecule has 0 atom stereocenters. The van der Waals surface area contributed by atoms with Gasteiger partial charge in [-0.1, -0.05) is 35.9 Å². The molecule has 1 nitrogen and oxygen atoms in total. The number of aryl methyl sites for hydroxylation is 2. The maximum atomic E-state index is 15.1. The Morgan fingerprint density at radius 2 is 1.53 bits per heavy atom. The van der Waals surface area contributed by atoms with Gasteiger partial charge in [-0.05, 0) is 72.2 Å². The van der Waals surface area contributed by atoms with Crippen molar-refractivity contribution < 1.29 is 22.3 Å². The summed E-state index contributed by atoms with van der Waals surface area (Å²) >= 11 is 5.51. The molecule has 0 saturated carbocycles. The Morgan fingerprint density at radius 3 is 2.22 bits per heavy atom. The van der Waals surface area contributed by atoms with Crippen molar-refractivity contribution in [3.63, 3.8) is 0 Å². The molecule has 32 heavy (non-hydrogen) atoms. The SMILES string of the molecule is CCOc1ccc(-c2ccc3c(F)c(CCc4cc(F)c(Cl)c(F)c4)ccc3c2)c(F)c1. The minimum absolute atomic E-state index is 0.253. The maximum absolute atomic E-state index is 15.1. The molecule has 0 aliphatic heterocycles. The highest BCUT2D eigenvalue weighted by Crippen LogP contribution is 2.31. The van der Waals surface area contributed by atoms with E-state index in [-0.39, 0.29) is 12.8 Å². The fourth-order valence-corrected chi connectivity index (χ4v) is 3.82. The summed E-state index contributed by atoms with van der Waals surface area (Å²) in [6.45, 7) is 2.27. The van der Waals surface area contributed by atoms with Gasteiger partial charge in [0.05, 0.1) is 6.61 Å². The predicted molar refractivity (Wildman–Crippen MR) is 119 cm³/mol. The molecule has 0 heterocycles. The average molecular weight is 459 g/mol. The molecular formula is C26H19ClF4O. The van der Waals surface area contributed by atoms with Crippen LogP contribution in [0.4, 0.5) is 17.6 Å². The number of halogens is 5. The van der Waals surface area contributed by atoms with Gasteiger partial charge in [0.2, 0.25) is 0 Å². The Kier molecular flexibility index (Phi) is 6.38. The first-order valence-electron chi connectivity index (χ1n) is 10.1. The highest BCUT2D eigenvalue weighted by Gasteiger charge is 2.13. The summed E-state index contributed by atoms with van der Waals surface area (Å²) < 4.78 is 62.2. The first-order chi connectivity index (χ1) is 15.4. The van der Waals surface area contributed by atoms with E-state index >= 15 is 4.39 Å². The lowest BCUT2D eigenvalue weighted by Crippen LogP contribution is -1.98. The van der Waals surface area contributed by atoms with Crippen LogP contribution < -0.4 is 4.74 Å². The topological polar surface area (TPSA) is 9.23 Å². The molecule has 4 aromatic carbocycles. The molecule has 4 rings (SSSR count). The largest absolute Gasteiger partial charge is 0.494 e. The van der Waals surface area contributed by atoms with Gasteiger partial charge in [0.15, 0.2) is 0 Å². The first kappa shape index (κ1) is 22.2. The highest BCUT2D eigenvalue weighted by atomic mass is 35.5. The third kappa shape index (κ3) is 4.44. The van der Waals surface area contributed by atoms with Crippen LogP contribution in [0.15, 0.2) is 60.7 Å². The van der Waals surface area contributed by atoms with E-state index in [0.29, 0.717) is 45.4 Å². The van der Waals surface area contributed by atoms with Gasteiger partial charge in [-0.2, -0.15) is 0 Å². The molecule has 6 heteroatoms. The number of benzene rings is 4. The van der Waals surface area contributed by atoms with Gasteiger partial charge in [-0.3, -0.25) is 0 Å². The lowest BCUT2D eigenvalue weighted by atomic mass is 9.97. The molecule has 0 aliphatic rings. The Hall–Kier alpha value is -3.05. The zero-order chi connectivity index (χ0) is 22.8. The number of fused-ring (bicyclic) bond motifs is 1. The molecule has 0 amide bonds. The fraction of sp³-hybridized carbons (Fsp3) is 0.154. The second-order valence-electron chi connectivity index (χ2n) is 7.42. The van der Waals surface area contributed by atoms with Crippen molar-refractivity contribution >= 4 is 22.4 Å². The van der Waals surface area contributed by atoms with E-state index in [1.807, 2.05) is 6.92 Å². The van der Waals surface area contributed by atoms with Crippen molar-refractivity contribution in [1.29, 1.82) is 0 Å². The van der Waals surface area contributed by atoms with Crippen molar-refractivity contribution in [2.75, 3.05) is 6.61 Å². The number of ether oxygens (including phenoxy) is 1. The second-order valence-corrected chi connectivity index (χ2v) is 7.80. The Morgan fingerprint density at radius 1 is 0.781 bits per heavy atom. The summed E-state index contributed by atoms with van der Waals surface area (Å²) in [5.41, 5.74) is 1.84. The second kappa shape index (κ2) is 9.21. The minimum atomic E-state index is -0.838. The molecule has 0 aliphatic carbocycles. The molecule has 164 valence electrons. The van der Waals surface area contributed by atoms with Gasteiger partial charge in [0.1, 0.15) is 34.0 Å². The van der Waals surface area contributed by atoms with Crippen LogP contribution in [0.2, 0.25) is 5.02 Å². The third-order valence-electron chi connectivity index (χ3n) is 5.32. The van der Waals surface area contributed by atoms with Gasteiger partial charge < -0.3 is 4.74 Å². The molecule has 0 aromatic heterocycles. The first-order valence-corrected chi connectivity index (χ1v) is 10.5. The molecule has 0 unspecified atom stereocenters. The Labute approximate surface area is 188 Å². The highest BCUT2D eigenvalue weighted by molar-refractivity contribution is 6.30. The standard InChI is InChI=1S/C26H19ClF4O/c1-2-32-19-8-10-20(22(28)14-19)17-7-9-21-18(13-17)6-5-16(26(21)31)4-3-15-11-23(29)25(27)24(30)12-15/h5-14H,2-4H2,1H3. The van der Waals surface area contributed by atoms with Crippen LogP contribution >= 0.6 is 11.6 Å². The lowest BCUT2D eigenvalue weighted by molar-refractivity contribution is 0.338. The summed E-state index contributed by atoms with van der Waals surface area (Å²) in [7, 11) is 0. The molecular weight excluding hydrogens is 440 g/mol. The van der Waals surface area contributed by atoms with Crippen molar-refractivity contribution in [2.45, 2.75) is 19.8 Å². The fourth-order valence-electron chi connectivity index (χ4n) is 3.72. The van der Waals surface area contributed by atoms with Crippen LogP contribution in [0.5, 0.6) is 5.75 Å². The van der Waals surface area contributed by atoms with Crippen molar-refractivity contribution in [3.8, 4) is 16.9 Å². The van der Waals surface area contributed by atoms with Crippen LogP contribution in [-0.4, -0.2) is 6.61 Å². The lowest BCUT2D eigenvalue weighted by Gasteiger charge is -2.11. The zero-order valence-corrected chi connectivity index (χ0v) is 17.9. The van der Waals surface area contributed by atoms with Crippen LogP contribution in [0.25, 0.3) is 21.9 Å². The predicted octanol–water partition coefficient (Wildman–Crippen LogP) is 7.90. The summed E-state index contributed by atoms with van der Waals surface area (Å²) in [4.78, 5) is 0. The number of hydrogen-bond donors (Lipinski definition) is 0. The van der Waals surface area contributed by atoms with Crippen LogP contribution in [0.3, 0.4) is 0 Å². The molecule has 0 fully saturated rings. The molecule has 0 radical (unpaired) electrons. The van der Waals surface area contributed by atoms with Gasteiger partial charge in [0, 0.05) is 17.0 Å². The van der Waals surface area contributed by atoms with Crippen molar-refractivity contribution in [3.05, 3.63) is 100 Å². The summed E-state index contributed by atoms with van der Waals surface area (Å²) in [5, 5.41) is 0.470. The third-order valence-corrected chi connectivity index (χ3v) is 5.68. The summed E-state index contributed by atoms with van der Waals surface area (Å²) in [6.07, 6.45) is 0.514. The van der Waals surface area contributed by atoms with Crippen molar-refractivity contribution in [2.24, 2.45) is 0 Å². The van der Waals surface area contributed by atoms with E-state index in [9.17, 15) is 13.2 Å². The molecule has 0 N–H and O–H groups in total. The van der Waals surface area contributed by atoms with E-state index in [4.69, 9.17) is 16.3 Å². The maximum Gasteiger partial charge on any atom is 0.145 e. The molecule has 4 aromatic rings. The van der Waals surface area contributed by atoms with Crippen LogP contribution in [0, 0.1) is 23.3 Å². The number of rotatable bonds is 6. The monoisotopic (exact) mass is 458 g/mol. The van der Waals surface area contributed by atoms with Gasteiger partial charge >= 0.3 is 0 Å². The zero-order valence-electron chi connectivity index (χ0n) is 17.2. The quantitative estimate of drug-likeness (QED) is 0.211. The van der Waals surface area contributed by atoms with Crippen molar-refractivity contribution in [1.82, 2.24) is 0 Å². The summed E-state index contributed by atoms with van der Waals surface area (Å²) in [5.74, 6) is -2.05. The molecule has 0 saturated heterocycles. The van der Waals surface area contributed by atoms with Gasteiger partial charge in [0.25, 0.3) is 0 Å². The Balaban J connectivity index is 1.60.